The van der Waals surface area contributed by atoms with E-state index in [1.54, 1.807) is 50.4 Å². The Labute approximate surface area is 225 Å². The van der Waals surface area contributed by atoms with E-state index in [1.807, 2.05) is 42.5 Å². The summed E-state index contributed by atoms with van der Waals surface area (Å²) < 4.78 is 18.8. The minimum absolute atomic E-state index is 0.290. The first kappa shape index (κ1) is 24.7. The molecule has 37 heavy (non-hydrogen) atoms. The Morgan fingerprint density at radius 1 is 1.14 bits per heavy atom. The minimum atomic E-state index is -0.735. The second-order valence-electron chi connectivity index (χ2n) is 8.16. The van der Waals surface area contributed by atoms with Crippen molar-refractivity contribution in [3.8, 4) is 17.3 Å². The number of esters is 1. The highest BCUT2D eigenvalue weighted by Crippen LogP contribution is 2.27. The van der Waals surface area contributed by atoms with Gasteiger partial charge in [-0.2, -0.15) is 9.78 Å². The molecule has 3 aromatic carbocycles. The molecule has 0 bridgehead atoms. The summed E-state index contributed by atoms with van der Waals surface area (Å²) in [4.78, 5) is 30.0. The Balaban J connectivity index is 1.52. The third-order valence-corrected chi connectivity index (χ3v) is 6.44. The van der Waals surface area contributed by atoms with Crippen LogP contribution in [-0.4, -0.2) is 34.6 Å². The van der Waals surface area contributed by atoms with E-state index in [9.17, 15) is 9.59 Å². The average Bonchev–Trinajstić information content (AvgIpc) is 3.34. The van der Waals surface area contributed by atoms with E-state index in [2.05, 4.69) is 27.7 Å². The maximum Gasteiger partial charge on any atom is 0.347 e. The number of halogens is 1. The number of rotatable bonds is 7. The number of carbonyl (C=O) groups is 1. The maximum absolute atomic E-state index is 13.4. The Kier molecular flexibility index (Phi) is 7.04. The average molecular weight is 607 g/mol. The van der Waals surface area contributed by atoms with Gasteiger partial charge in [-0.25, -0.2) is 9.78 Å². The molecule has 0 fully saturated rings. The summed E-state index contributed by atoms with van der Waals surface area (Å²) >= 11 is 2.13. The third kappa shape index (κ3) is 5.12. The van der Waals surface area contributed by atoms with Gasteiger partial charge in [0.05, 0.1) is 27.3 Å². The van der Waals surface area contributed by atoms with Gasteiger partial charge in [-0.05, 0) is 84.5 Å². The number of aromatic nitrogens is 2. The van der Waals surface area contributed by atoms with Gasteiger partial charge in [0.15, 0.2) is 11.9 Å². The van der Waals surface area contributed by atoms with E-state index >= 15 is 0 Å². The highest BCUT2D eigenvalue weighted by Gasteiger charge is 2.18. The van der Waals surface area contributed by atoms with Gasteiger partial charge in [0.25, 0.3) is 5.56 Å². The lowest BCUT2D eigenvalue weighted by molar-refractivity contribution is -0.150. The zero-order chi connectivity index (χ0) is 25.9. The van der Waals surface area contributed by atoms with Gasteiger partial charge in [-0.15, -0.1) is 0 Å². The van der Waals surface area contributed by atoms with Crippen molar-refractivity contribution in [2.45, 2.75) is 20.0 Å². The summed E-state index contributed by atoms with van der Waals surface area (Å²) in [6, 6.07) is 22.0. The molecule has 0 aliphatic rings. The van der Waals surface area contributed by atoms with E-state index in [-0.39, 0.29) is 12.2 Å². The first-order chi connectivity index (χ1) is 17.9. The van der Waals surface area contributed by atoms with Gasteiger partial charge in [0, 0.05) is 5.39 Å². The van der Waals surface area contributed by atoms with Crippen molar-refractivity contribution in [1.82, 2.24) is 9.66 Å². The molecule has 9 heteroatoms. The molecular formula is C28H22IN3O5. The number of benzene rings is 3. The SMILES string of the molecule is CCOC(=O)[C@@H](C)Oc1ccc(C=Nn2c(-c3cc4ccccc4o3)nc3ccccc3c2=O)cc1I. The molecule has 0 radical (unpaired) electrons. The smallest absolute Gasteiger partial charge is 0.347 e. The van der Waals surface area contributed by atoms with Crippen LogP contribution in [0.3, 0.4) is 0 Å². The molecule has 5 rings (SSSR count). The largest absolute Gasteiger partial charge is 0.478 e. The topological polar surface area (TPSA) is 95.9 Å². The van der Waals surface area contributed by atoms with Crippen molar-refractivity contribution in [3.05, 3.63) is 92.3 Å². The third-order valence-electron chi connectivity index (χ3n) is 5.60. The molecule has 0 saturated heterocycles. The second-order valence-corrected chi connectivity index (χ2v) is 9.33. The van der Waals surface area contributed by atoms with Crippen LogP contribution in [0.2, 0.25) is 0 Å². The number of para-hydroxylation sites is 2. The molecule has 0 spiro atoms. The molecule has 2 aromatic heterocycles. The number of ether oxygens (including phenoxy) is 2. The summed E-state index contributed by atoms with van der Waals surface area (Å²) in [5.74, 6) is 0.859. The standard InChI is InChI=1S/C28H22IN3O5/c1-3-35-28(34)17(2)36-24-13-12-18(14-21(24)29)16-30-32-26(25-15-19-8-4-7-11-23(19)37-25)31-22-10-6-5-9-20(22)27(32)33/h4-17H,3H2,1-2H3/t17-/m1/s1. The van der Waals surface area contributed by atoms with Gasteiger partial charge in [-0.1, -0.05) is 30.3 Å². The van der Waals surface area contributed by atoms with Gasteiger partial charge in [0.1, 0.15) is 11.3 Å². The summed E-state index contributed by atoms with van der Waals surface area (Å²) in [6.45, 7) is 3.68. The van der Waals surface area contributed by atoms with Crippen LogP contribution in [0.4, 0.5) is 0 Å². The number of hydrogen-bond acceptors (Lipinski definition) is 7. The molecule has 8 nitrogen and oxygen atoms in total. The highest BCUT2D eigenvalue weighted by molar-refractivity contribution is 14.1. The lowest BCUT2D eigenvalue weighted by atomic mass is 10.2. The Bertz CT molecular complexity index is 1670. The predicted molar refractivity (Wildman–Crippen MR) is 150 cm³/mol. The van der Waals surface area contributed by atoms with E-state index < -0.39 is 12.1 Å². The number of fused-ring (bicyclic) bond motifs is 2. The predicted octanol–water partition coefficient (Wildman–Crippen LogP) is 5.63. The Morgan fingerprint density at radius 2 is 1.92 bits per heavy atom. The molecule has 0 aliphatic carbocycles. The first-order valence-electron chi connectivity index (χ1n) is 11.6. The van der Waals surface area contributed by atoms with Crippen LogP contribution in [0.1, 0.15) is 19.4 Å². The number of nitrogens with zero attached hydrogens (tertiary/aromatic N) is 3. The van der Waals surface area contributed by atoms with E-state index in [1.165, 1.54) is 4.68 Å². The van der Waals surface area contributed by atoms with E-state index in [0.717, 1.165) is 14.5 Å². The maximum atomic E-state index is 13.4. The van der Waals surface area contributed by atoms with Crippen LogP contribution >= 0.6 is 22.6 Å². The zero-order valence-corrected chi connectivity index (χ0v) is 22.2. The molecule has 0 unspecified atom stereocenters. The summed E-state index contributed by atoms with van der Waals surface area (Å²) in [5.41, 5.74) is 1.67. The number of hydrogen-bond donors (Lipinski definition) is 0. The van der Waals surface area contributed by atoms with Crippen LogP contribution in [0, 0.1) is 3.57 Å². The van der Waals surface area contributed by atoms with Gasteiger partial charge in [0.2, 0.25) is 5.82 Å². The van der Waals surface area contributed by atoms with Gasteiger partial charge < -0.3 is 13.9 Å². The fourth-order valence-electron chi connectivity index (χ4n) is 3.80. The van der Waals surface area contributed by atoms with Crippen molar-refractivity contribution in [2.75, 3.05) is 6.61 Å². The fraction of sp³-hybridized carbons (Fsp3) is 0.143. The number of carbonyl (C=O) groups excluding carboxylic acids is 1. The second kappa shape index (κ2) is 10.6. The molecular weight excluding hydrogens is 585 g/mol. The lowest BCUT2D eigenvalue weighted by Gasteiger charge is -2.14. The van der Waals surface area contributed by atoms with Crippen LogP contribution in [-0.2, 0) is 9.53 Å². The monoisotopic (exact) mass is 607 g/mol. The quantitative estimate of drug-likeness (QED) is 0.135. The van der Waals surface area contributed by atoms with Gasteiger partial charge in [-0.3, -0.25) is 4.79 Å². The van der Waals surface area contributed by atoms with Crippen LogP contribution in [0.15, 0.2) is 87.1 Å². The summed E-state index contributed by atoms with van der Waals surface area (Å²) in [6.07, 6.45) is 0.840. The molecule has 0 aliphatic heterocycles. The highest BCUT2D eigenvalue weighted by atomic mass is 127. The van der Waals surface area contributed by atoms with Crippen molar-refractivity contribution in [3.63, 3.8) is 0 Å². The normalized spacial score (nSPS) is 12.3. The molecule has 0 N–H and O–H groups in total. The van der Waals surface area contributed by atoms with Gasteiger partial charge >= 0.3 is 5.97 Å². The molecule has 0 amide bonds. The molecule has 0 saturated carbocycles. The molecule has 5 aromatic rings. The van der Waals surface area contributed by atoms with Crippen LogP contribution in [0.5, 0.6) is 5.75 Å². The van der Waals surface area contributed by atoms with Crippen molar-refractivity contribution in [1.29, 1.82) is 0 Å². The van der Waals surface area contributed by atoms with Crippen LogP contribution in [0.25, 0.3) is 33.5 Å². The zero-order valence-electron chi connectivity index (χ0n) is 20.1. The lowest BCUT2D eigenvalue weighted by Crippen LogP contribution is -2.26. The molecule has 2 heterocycles. The fourth-order valence-corrected chi connectivity index (χ4v) is 4.46. The van der Waals surface area contributed by atoms with Crippen LogP contribution < -0.4 is 10.3 Å². The van der Waals surface area contributed by atoms with Crippen molar-refractivity contribution in [2.24, 2.45) is 5.10 Å². The minimum Gasteiger partial charge on any atom is -0.478 e. The Hall–Kier alpha value is -3.99. The van der Waals surface area contributed by atoms with E-state index in [0.29, 0.717) is 33.8 Å². The summed E-state index contributed by atoms with van der Waals surface area (Å²) in [5, 5.41) is 5.85. The molecule has 186 valence electrons. The Morgan fingerprint density at radius 3 is 2.70 bits per heavy atom. The number of furan rings is 1. The van der Waals surface area contributed by atoms with E-state index in [4.69, 9.17) is 18.9 Å². The van der Waals surface area contributed by atoms with Crippen molar-refractivity contribution < 1.29 is 18.7 Å². The summed E-state index contributed by atoms with van der Waals surface area (Å²) in [7, 11) is 0. The van der Waals surface area contributed by atoms with Crippen molar-refractivity contribution >= 4 is 56.6 Å². The molecule has 1 atom stereocenters. The first-order valence-corrected chi connectivity index (χ1v) is 12.7.